The number of fused-ring (bicyclic) bond motifs is 3. The number of likely N-dealkylation sites (tertiary alicyclic amines) is 1. The molecule has 2 aliphatic rings. The van der Waals surface area contributed by atoms with Crippen LogP contribution in [-0.4, -0.2) is 76.7 Å². The highest BCUT2D eigenvalue weighted by atomic mass is 19.1. The van der Waals surface area contributed by atoms with Crippen molar-refractivity contribution in [1.29, 1.82) is 0 Å². The third kappa shape index (κ3) is 4.47. The van der Waals surface area contributed by atoms with Crippen LogP contribution < -0.4 is 15.0 Å². The van der Waals surface area contributed by atoms with Crippen molar-refractivity contribution in [2.75, 3.05) is 50.1 Å². The van der Waals surface area contributed by atoms with E-state index < -0.39 is 17.4 Å². The number of carbonyl (C=O) groups excluding carboxylic acids is 1. The quantitative estimate of drug-likeness (QED) is 0.795. The van der Waals surface area contributed by atoms with Crippen molar-refractivity contribution in [1.82, 2.24) is 19.5 Å². The fourth-order valence-electron chi connectivity index (χ4n) is 3.92. The molecule has 0 bridgehead atoms. The minimum Gasteiger partial charge on any atom is -0.486 e. The monoisotopic (exact) mass is 434 g/mol. The highest BCUT2D eigenvalue weighted by Crippen LogP contribution is 2.40. The molecule has 2 aromatic rings. The van der Waals surface area contributed by atoms with E-state index in [1.165, 1.54) is 0 Å². The molecular weight excluding hydrogens is 403 g/mol. The van der Waals surface area contributed by atoms with Gasteiger partial charge in [-0.2, -0.15) is 0 Å². The number of ether oxygens (including phenoxy) is 2. The van der Waals surface area contributed by atoms with Gasteiger partial charge in [-0.1, -0.05) is 0 Å². The summed E-state index contributed by atoms with van der Waals surface area (Å²) in [5.74, 6) is 1.10. The fraction of sp³-hybridized carbons (Fsp3) is 0.667. The van der Waals surface area contributed by atoms with Gasteiger partial charge in [0.1, 0.15) is 23.6 Å². The number of rotatable bonds is 3. The first-order valence-corrected chi connectivity index (χ1v) is 10.7. The maximum Gasteiger partial charge on any atom is 0.410 e. The van der Waals surface area contributed by atoms with E-state index in [-0.39, 0.29) is 19.4 Å². The van der Waals surface area contributed by atoms with Gasteiger partial charge < -0.3 is 24.6 Å². The Bertz CT molecular complexity index is 978. The summed E-state index contributed by atoms with van der Waals surface area (Å²) in [7, 11) is 1.98. The number of aromatic nitrogens is 3. The molecule has 2 aliphatic heterocycles. The molecule has 0 aromatic carbocycles. The first kappa shape index (κ1) is 21.5. The lowest BCUT2D eigenvalue weighted by Crippen LogP contribution is -2.48. The van der Waals surface area contributed by atoms with Gasteiger partial charge in [-0.25, -0.2) is 18.7 Å². The third-order valence-corrected chi connectivity index (χ3v) is 5.60. The topological polar surface area (TPSA) is 84.2 Å². The average Bonchev–Trinajstić information content (AvgIpc) is 3.05. The Hall–Kier alpha value is -2.78. The van der Waals surface area contributed by atoms with Crippen LogP contribution in [0.3, 0.4) is 0 Å². The number of nitrogens with zero attached hydrogens (tertiary/aromatic N) is 5. The van der Waals surface area contributed by atoms with E-state index in [1.54, 1.807) is 9.42 Å². The zero-order valence-electron chi connectivity index (χ0n) is 18.9. The molecule has 4 heterocycles. The summed E-state index contributed by atoms with van der Waals surface area (Å²) in [5.41, 5.74) is 0.408. The maximum atomic E-state index is 15.5. The largest absolute Gasteiger partial charge is 0.486 e. The summed E-state index contributed by atoms with van der Waals surface area (Å²) in [4.78, 5) is 20.5. The fourth-order valence-corrected chi connectivity index (χ4v) is 3.92. The number of halogens is 1. The highest BCUT2D eigenvalue weighted by Gasteiger charge is 2.38. The van der Waals surface area contributed by atoms with Gasteiger partial charge in [-0.05, 0) is 27.7 Å². The van der Waals surface area contributed by atoms with Crippen LogP contribution in [-0.2, 0) is 4.74 Å². The molecule has 0 aliphatic carbocycles. The summed E-state index contributed by atoms with van der Waals surface area (Å²) in [5, 5.41) is 7.75. The van der Waals surface area contributed by atoms with Gasteiger partial charge in [0, 0.05) is 33.0 Å². The number of imidazole rings is 1. The van der Waals surface area contributed by atoms with Crippen molar-refractivity contribution in [3.8, 4) is 5.75 Å². The molecule has 1 amide bonds. The maximum absolute atomic E-state index is 15.5. The van der Waals surface area contributed by atoms with Crippen molar-refractivity contribution in [2.45, 2.75) is 51.8 Å². The predicted octanol–water partition coefficient (Wildman–Crippen LogP) is 3.02. The van der Waals surface area contributed by atoms with Crippen molar-refractivity contribution in [3.63, 3.8) is 0 Å². The van der Waals surface area contributed by atoms with Crippen LogP contribution in [0.15, 0.2) is 6.20 Å². The second-order valence-corrected chi connectivity index (χ2v) is 9.42. The van der Waals surface area contributed by atoms with Gasteiger partial charge in [-0.3, -0.25) is 0 Å². The van der Waals surface area contributed by atoms with E-state index in [0.29, 0.717) is 31.3 Å². The summed E-state index contributed by atoms with van der Waals surface area (Å²) >= 11 is 0. The number of nitrogens with one attached hydrogen (secondary N) is 1. The van der Waals surface area contributed by atoms with Gasteiger partial charge in [-0.15, -0.1) is 5.10 Å². The average molecular weight is 435 g/mol. The first-order chi connectivity index (χ1) is 14.5. The smallest absolute Gasteiger partial charge is 0.410 e. The van der Waals surface area contributed by atoms with Crippen LogP contribution in [0, 0.1) is 6.92 Å². The van der Waals surface area contributed by atoms with Gasteiger partial charge in [0.25, 0.3) is 0 Å². The van der Waals surface area contributed by atoms with Gasteiger partial charge in [0.2, 0.25) is 0 Å². The van der Waals surface area contributed by atoms with Crippen LogP contribution in [0.2, 0.25) is 0 Å². The first-order valence-electron chi connectivity index (χ1n) is 10.7. The van der Waals surface area contributed by atoms with Crippen LogP contribution in [0.4, 0.5) is 20.7 Å². The van der Waals surface area contributed by atoms with E-state index in [0.717, 1.165) is 23.6 Å². The molecule has 1 fully saturated rings. The van der Waals surface area contributed by atoms with Crippen LogP contribution in [0.25, 0.3) is 5.65 Å². The van der Waals surface area contributed by atoms with Crippen LogP contribution in [0.1, 0.15) is 39.3 Å². The second kappa shape index (κ2) is 7.72. The lowest BCUT2D eigenvalue weighted by Gasteiger charge is -2.37. The standard InChI is InChI=1S/C21H31FN6O3/c1-14-12-28-18(24-14)15-16(30-11-10-26(15)5)17(25-28)23-13-21(22)6-8-27(9-7-21)19(29)31-20(2,3)4/h12H,6-11,13H2,1-5H3,(H,23,25). The Labute approximate surface area is 181 Å². The molecule has 1 N–H and O–H groups in total. The molecule has 0 atom stereocenters. The molecule has 170 valence electrons. The van der Waals surface area contributed by atoms with E-state index in [1.807, 2.05) is 40.9 Å². The van der Waals surface area contributed by atoms with E-state index >= 15 is 4.39 Å². The molecule has 0 radical (unpaired) electrons. The van der Waals surface area contributed by atoms with Gasteiger partial charge >= 0.3 is 6.09 Å². The molecule has 1 saturated heterocycles. The second-order valence-electron chi connectivity index (χ2n) is 9.42. The molecule has 10 heteroatoms. The van der Waals surface area contributed by atoms with Crippen molar-refractivity contribution >= 4 is 23.2 Å². The molecule has 4 rings (SSSR count). The van der Waals surface area contributed by atoms with Crippen molar-refractivity contribution in [3.05, 3.63) is 11.9 Å². The Kier molecular flexibility index (Phi) is 5.35. The molecule has 31 heavy (non-hydrogen) atoms. The summed E-state index contributed by atoms with van der Waals surface area (Å²) < 4.78 is 28.5. The van der Waals surface area contributed by atoms with Gasteiger partial charge in [0.05, 0.1) is 25.0 Å². The van der Waals surface area contributed by atoms with Crippen molar-refractivity contribution < 1.29 is 18.7 Å². The minimum absolute atomic E-state index is 0.0842. The lowest BCUT2D eigenvalue weighted by atomic mass is 9.93. The minimum atomic E-state index is -1.45. The molecule has 9 nitrogen and oxygen atoms in total. The third-order valence-electron chi connectivity index (χ3n) is 5.60. The number of piperidine rings is 1. The van der Waals surface area contributed by atoms with Gasteiger partial charge in [0.15, 0.2) is 17.2 Å². The molecule has 0 spiro atoms. The zero-order valence-corrected chi connectivity index (χ0v) is 18.9. The molecule has 0 unspecified atom stereocenters. The van der Waals surface area contributed by atoms with Crippen LogP contribution >= 0.6 is 0 Å². The number of carbonyl (C=O) groups is 1. The number of alkyl halides is 1. The lowest BCUT2D eigenvalue weighted by molar-refractivity contribution is 0.00574. The Balaban J connectivity index is 1.47. The molecular formula is C21H31FN6O3. The zero-order chi connectivity index (χ0) is 22.4. The van der Waals surface area contributed by atoms with E-state index in [9.17, 15) is 4.79 Å². The van der Waals surface area contributed by atoms with E-state index in [2.05, 4.69) is 20.3 Å². The number of aryl methyl sites for hydroxylation is 1. The van der Waals surface area contributed by atoms with Crippen molar-refractivity contribution in [2.24, 2.45) is 0 Å². The Morgan fingerprint density at radius 3 is 2.71 bits per heavy atom. The number of likely N-dealkylation sites (N-methyl/N-ethyl adjacent to an activating group) is 1. The highest BCUT2D eigenvalue weighted by molar-refractivity contribution is 5.82. The Morgan fingerprint density at radius 2 is 2.03 bits per heavy atom. The SMILES string of the molecule is Cc1cn2nc(NCC3(F)CCN(C(=O)OC(C)(C)C)CC3)c3c(c2n1)N(C)CCO3. The molecule has 2 aromatic heterocycles. The summed E-state index contributed by atoms with van der Waals surface area (Å²) in [6.45, 7) is 9.37. The Morgan fingerprint density at radius 1 is 1.32 bits per heavy atom. The van der Waals surface area contributed by atoms with E-state index in [4.69, 9.17) is 9.47 Å². The predicted molar refractivity (Wildman–Crippen MR) is 116 cm³/mol. The number of hydrogen-bond acceptors (Lipinski definition) is 7. The number of hydrogen-bond donors (Lipinski definition) is 1. The van der Waals surface area contributed by atoms with Crippen LogP contribution in [0.5, 0.6) is 5.75 Å². The number of anilines is 2. The summed E-state index contributed by atoms with van der Waals surface area (Å²) in [6, 6.07) is 0. The normalized spacial score (nSPS) is 18.5. The summed E-state index contributed by atoms with van der Waals surface area (Å²) in [6.07, 6.45) is 1.91. The number of amides is 1. The molecule has 0 saturated carbocycles.